The first-order chi connectivity index (χ1) is 13.8. The Hall–Kier alpha value is -3.82. The lowest BCUT2D eigenvalue weighted by Crippen LogP contribution is -2.14. The van der Waals surface area contributed by atoms with E-state index in [-0.39, 0.29) is 28.2 Å². The van der Waals surface area contributed by atoms with Crippen LogP contribution in [0.1, 0.15) is 16.1 Å². The molecule has 10 heteroatoms. The van der Waals surface area contributed by atoms with Crippen LogP contribution < -0.4 is 4.74 Å². The number of aromatic nitrogens is 4. The third-order valence-electron chi connectivity index (χ3n) is 4.35. The van der Waals surface area contributed by atoms with E-state index in [1.165, 1.54) is 43.5 Å². The van der Waals surface area contributed by atoms with Gasteiger partial charge in [-0.2, -0.15) is 18.3 Å². The first-order valence-corrected chi connectivity index (χ1v) is 8.31. The second-order valence-electron chi connectivity index (χ2n) is 6.11. The van der Waals surface area contributed by atoms with Gasteiger partial charge in [0.15, 0.2) is 5.69 Å². The van der Waals surface area contributed by atoms with E-state index in [9.17, 15) is 23.1 Å². The highest BCUT2D eigenvalue weighted by atomic mass is 19.4. The van der Waals surface area contributed by atoms with Gasteiger partial charge in [-0.15, -0.1) is 0 Å². The Labute approximate surface area is 161 Å². The number of H-pyrrole nitrogens is 1. The number of rotatable bonds is 4. The summed E-state index contributed by atoms with van der Waals surface area (Å²) in [5, 5.41) is 13.2. The van der Waals surface area contributed by atoms with Crippen LogP contribution in [0.15, 0.2) is 48.7 Å². The van der Waals surface area contributed by atoms with Crippen LogP contribution in [0.4, 0.5) is 13.2 Å². The molecule has 2 heterocycles. The van der Waals surface area contributed by atoms with E-state index in [2.05, 4.69) is 15.1 Å². The maximum atomic E-state index is 13.9. The number of aromatic amines is 1. The fraction of sp³-hybridized carbons (Fsp3) is 0.105. The molecule has 4 rings (SSSR count). The largest absolute Gasteiger partial charge is 0.497 e. The molecular formula is C19H13F3N4O3. The fourth-order valence-corrected chi connectivity index (χ4v) is 3.05. The predicted molar refractivity (Wildman–Crippen MR) is 97.2 cm³/mol. The van der Waals surface area contributed by atoms with Crippen molar-refractivity contribution in [3.05, 3.63) is 59.9 Å². The Morgan fingerprint density at radius 2 is 1.90 bits per heavy atom. The molecule has 2 aromatic carbocycles. The Morgan fingerprint density at radius 1 is 1.17 bits per heavy atom. The number of carboxylic acids is 1. The van der Waals surface area contributed by atoms with Gasteiger partial charge in [0, 0.05) is 0 Å². The number of hydrogen-bond donors (Lipinski definition) is 2. The molecular weight excluding hydrogens is 389 g/mol. The highest BCUT2D eigenvalue weighted by Gasteiger charge is 2.40. The number of carboxylic acid groups (broad SMARTS) is 1. The van der Waals surface area contributed by atoms with Gasteiger partial charge in [-0.25, -0.2) is 14.5 Å². The average Bonchev–Trinajstić information content (AvgIpc) is 3.31. The summed E-state index contributed by atoms with van der Waals surface area (Å²) >= 11 is 0. The number of imidazole rings is 1. The zero-order valence-electron chi connectivity index (χ0n) is 14.9. The van der Waals surface area contributed by atoms with Crippen LogP contribution in [0, 0.1) is 0 Å². The smallest absolute Gasteiger partial charge is 0.434 e. The maximum absolute atomic E-state index is 13.9. The van der Waals surface area contributed by atoms with Gasteiger partial charge in [-0.3, -0.25) is 0 Å². The topological polar surface area (TPSA) is 93.0 Å². The van der Waals surface area contributed by atoms with Gasteiger partial charge < -0.3 is 14.8 Å². The number of fused-ring (bicyclic) bond motifs is 1. The number of carbonyl (C=O) groups is 1. The number of nitrogens with zero attached hydrogens (tertiary/aromatic N) is 3. The van der Waals surface area contributed by atoms with Crippen LogP contribution in [0.25, 0.3) is 28.1 Å². The van der Waals surface area contributed by atoms with Crippen molar-refractivity contribution in [2.75, 3.05) is 7.11 Å². The number of hydrogen-bond acceptors (Lipinski definition) is 4. The summed E-state index contributed by atoms with van der Waals surface area (Å²) in [5.41, 5.74) is -0.863. The standard InChI is InChI=1S/C19H13F3N4O3/c1-29-11-7-5-10(6-8-11)26-16(19(20,21)22)13(9-23-26)17-24-14-4-2-3-12(18(27)28)15(14)25-17/h2-9H,1H3,(H,24,25)(H,27,28). The van der Waals surface area contributed by atoms with Crippen LogP contribution in [0.2, 0.25) is 0 Å². The number of methoxy groups -OCH3 is 1. The van der Waals surface area contributed by atoms with Gasteiger partial charge in [0.2, 0.25) is 0 Å². The van der Waals surface area contributed by atoms with E-state index in [4.69, 9.17) is 4.74 Å². The van der Waals surface area contributed by atoms with Gasteiger partial charge in [0.05, 0.1) is 35.6 Å². The lowest BCUT2D eigenvalue weighted by Gasteiger charge is -2.12. The summed E-state index contributed by atoms with van der Waals surface area (Å²) in [7, 11) is 1.45. The summed E-state index contributed by atoms with van der Waals surface area (Å²) in [5.74, 6) is -0.854. The number of nitrogens with one attached hydrogen (secondary N) is 1. The molecule has 0 unspecified atom stereocenters. The number of ether oxygens (including phenoxy) is 1. The van der Waals surface area contributed by atoms with Crippen molar-refractivity contribution in [3.63, 3.8) is 0 Å². The molecule has 148 valence electrons. The quantitative estimate of drug-likeness (QED) is 0.535. The van der Waals surface area contributed by atoms with E-state index >= 15 is 0 Å². The molecule has 0 amide bonds. The zero-order valence-corrected chi connectivity index (χ0v) is 14.9. The molecule has 0 saturated heterocycles. The lowest BCUT2D eigenvalue weighted by molar-refractivity contribution is -0.142. The Balaban J connectivity index is 1.91. The third-order valence-corrected chi connectivity index (χ3v) is 4.35. The predicted octanol–water partition coefficient (Wildman–Crippen LogP) is 4.14. The third kappa shape index (κ3) is 3.18. The minimum absolute atomic E-state index is 0.0697. The van der Waals surface area contributed by atoms with Crippen LogP contribution in [0.3, 0.4) is 0 Å². The molecule has 0 aliphatic carbocycles. The lowest BCUT2D eigenvalue weighted by atomic mass is 10.2. The summed E-state index contributed by atoms with van der Waals surface area (Å²) in [4.78, 5) is 18.2. The van der Waals surface area contributed by atoms with Crippen molar-refractivity contribution in [3.8, 4) is 22.8 Å². The SMILES string of the molecule is COc1ccc(-n2ncc(-c3nc4c(C(=O)O)cccc4[nH]3)c2C(F)(F)F)cc1. The van der Waals surface area contributed by atoms with Gasteiger partial charge >= 0.3 is 12.1 Å². The monoisotopic (exact) mass is 402 g/mol. The molecule has 2 aromatic heterocycles. The molecule has 0 atom stereocenters. The summed E-state index contributed by atoms with van der Waals surface area (Å²) < 4.78 is 47.5. The van der Waals surface area contributed by atoms with Crippen LogP contribution in [-0.2, 0) is 6.18 Å². The molecule has 0 bridgehead atoms. The first-order valence-electron chi connectivity index (χ1n) is 8.31. The number of benzene rings is 2. The summed E-state index contributed by atoms with van der Waals surface area (Å²) in [6.45, 7) is 0. The number of halogens is 3. The summed E-state index contributed by atoms with van der Waals surface area (Å²) in [6, 6.07) is 10.3. The minimum atomic E-state index is -4.74. The second-order valence-corrected chi connectivity index (χ2v) is 6.11. The molecule has 2 N–H and O–H groups in total. The minimum Gasteiger partial charge on any atom is -0.497 e. The van der Waals surface area contributed by atoms with Gasteiger partial charge in [0.1, 0.15) is 17.1 Å². The molecule has 7 nitrogen and oxygen atoms in total. The highest BCUT2D eigenvalue weighted by Crippen LogP contribution is 2.38. The van der Waals surface area contributed by atoms with Crippen LogP contribution in [0.5, 0.6) is 5.75 Å². The second kappa shape index (κ2) is 6.66. The van der Waals surface area contributed by atoms with Gasteiger partial charge in [-0.05, 0) is 36.4 Å². The molecule has 0 aliphatic heterocycles. The molecule has 0 aliphatic rings. The van der Waals surface area contributed by atoms with E-state index in [1.807, 2.05) is 0 Å². The van der Waals surface area contributed by atoms with Crippen molar-refractivity contribution in [2.24, 2.45) is 0 Å². The van der Waals surface area contributed by atoms with Gasteiger partial charge in [0.25, 0.3) is 0 Å². The van der Waals surface area contributed by atoms with Crippen molar-refractivity contribution < 1.29 is 27.8 Å². The maximum Gasteiger partial charge on any atom is 0.434 e. The number of alkyl halides is 3. The normalized spacial score (nSPS) is 11.7. The molecule has 0 spiro atoms. The van der Waals surface area contributed by atoms with Crippen LogP contribution in [-0.4, -0.2) is 37.9 Å². The molecule has 0 fully saturated rings. The number of para-hydroxylation sites is 1. The van der Waals surface area contributed by atoms with Crippen molar-refractivity contribution in [1.82, 2.24) is 19.7 Å². The Morgan fingerprint density at radius 3 is 2.52 bits per heavy atom. The highest BCUT2D eigenvalue weighted by molar-refractivity contribution is 6.01. The Kier molecular flexibility index (Phi) is 4.26. The van der Waals surface area contributed by atoms with E-state index in [0.29, 0.717) is 11.3 Å². The fourth-order valence-electron chi connectivity index (χ4n) is 3.05. The van der Waals surface area contributed by atoms with Crippen molar-refractivity contribution >= 4 is 17.0 Å². The average molecular weight is 402 g/mol. The molecule has 29 heavy (non-hydrogen) atoms. The molecule has 4 aromatic rings. The molecule has 0 radical (unpaired) electrons. The Bertz CT molecular complexity index is 1210. The van der Waals surface area contributed by atoms with Crippen molar-refractivity contribution in [2.45, 2.75) is 6.18 Å². The summed E-state index contributed by atoms with van der Waals surface area (Å²) in [6.07, 6.45) is -3.69. The van der Waals surface area contributed by atoms with E-state index in [0.717, 1.165) is 10.9 Å². The first kappa shape index (κ1) is 18.5. The van der Waals surface area contributed by atoms with E-state index < -0.39 is 17.8 Å². The zero-order chi connectivity index (χ0) is 20.8. The molecule has 0 saturated carbocycles. The van der Waals surface area contributed by atoms with Crippen LogP contribution >= 0.6 is 0 Å². The van der Waals surface area contributed by atoms with E-state index in [1.54, 1.807) is 6.07 Å². The van der Waals surface area contributed by atoms with Gasteiger partial charge in [-0.1, -0.05) is 6.07 Å². The van der Waals surface area contributed by atoms with Crippen molar-refractivity contribution in [1.29, 1.82) is 0 Å². The number of aromatic carboxylic acids is 1.